The fraction of sp³-hybridized carbons (Fsp3) is 0.0769. The van der Waals surface area contributed by atoms with E-state index in [-0.39, 0.29) is 30.2 Å². The average Bonchev–Trinajstić information content (AvgIpc) is 3.31. The Morgan fingerprint density at radius 3 is 2.40 bits per heavy atom. The van der Waals surface area contributed by atoms with Gasteiger partial charge >= 0.3 is 0 Å². The molecule has 0 spiro atoms. The van der Waals surface area contributed by atoms with E-state index in [1.807, 2.05) is 30.3 Å². The lowest BCUT2D eigenvalue weighted by molar-refractivity contribution is -0.116. The first-order valence-electron chi connectivity index (χ1n) is 10.9. The number of anilines is 1. The van der Waals surface area contributed by atoms with Crippen LogP contribution in [0.4, 0.5) is 10.1 Å². The molecule has 0 bridgehead atoms. The molecule has 9 heteroatoms. The number of fused-ring (bicyclic) bond motifs is 1. The summed E-state index contributed by atoms with van der Waals surface area (Å²) >= 11 is 0. The summed E-state index contributed by atoms with van der Waals surface area (Å²) in [6.45, 7) is 0.157. The zero-order valence-corrected chi connectivity index (χ0v) is 18.5. The van der Waals surface area contributed by atoms with E-state index in [0.717, 1.165) is 5.75 Å². The maximum absolute atomic E-state index is 13.2. The molecule has 2 aromatic heterocycles. The van der Waals surface area contributed by atoms with E-state index >= 15 is 0 Å². The minimum atomic E-state index is -0.365. The number of nitrogens with one attached hydrogen (secondary N) is 1. The number of ether oxygens (including phenoxy) is 1. The molecule has 0 aliphatic rings. The smallest absolute Gasteiger partial charge is 0.264 e. The van der Waals surface area contributed by atoms with Crippen molar-refractivity contribution in [2.24, 2.45) is 0 Å². The van der Waals surface area contributed by atoms with Gasteiger partial charge in [0.2, 0.25) is 5.91 Å². The minimum Gasteiger partial charge on any atom is -0.457 e. The van der Waals surface area contributed by atoms with Crippen LogP contribution in [0.2, 0.25) is 0 Å². The third-order valence-corrected chi connectivity index (χ3v) is 5.32. The number of aryl methyl sites for hydroxylation is 1. The summed E-state index contributed by atoms with van der Waals surface area (Å²) in [5, 5.41) is 7.33. The Morgan fingerprint density at radius 1 is 0.943 bits per heavy atom. The van der Waals surface area contributed by atoms with Crippen LogP contribution in [0.1, 0.15) is 6.42 Å². The first-order valence-corrected chi connectivity index (χ1v) is 10.9. The Bertz CT molecular complexity index is 1530. The normalized spacial score (nSPS) is 10.9. The van der Waals surface area contributed by atoms with Gasteiger partial charge in [-0.05, 0) is 60.7 Å². The Morgan fingerprint density at radius 2 is 1.66 bits per heavy atom. The number of aromatic nitrogens is 4. The molecule has 5 rings (SSSR count). The van der Waals surface area contributed by atoms with Crippen molar-refractivity contribution in [3.8, 4) is 17.2 Å². The molecule has 0 saturated carbocycles. The molecular formula is C26H20FN5O3. The fourth-order valence-corrected chi connectivity index (χ4v) is 3.56. The lowest BCUT2D eigenvalue weighted by Crippen LogP contribution is -2.23. The van der Waals surface area contributed by atoms with Crippen LogP contribution in [0.3, 0.4) is 0 Å². The lowest BCUT2D eigenvalue weighted by Gasteiger charge is -2.09. The number of benzene rings is 3. The molecule has 0 radical (unpaired) electrons. The van der Waals surface area contributed by atoms with E-state index in [1.165, 1.54) is 33.9 Å². The van der Waals surface area contributed by atoms with Gasteiger partial charge in [0.15, 0.2) is 5.65 Å². The predicted molar refractivity (Wildman–Crippen MR) is 129 cm³/mol. The molecule has 2 heterocycles. The highest BCUT2D eigenvalue weighted by Gasteiger charge is 2.12. The molecule has 0 aliphatic heterocycles. The van der Waals surface area contributed by atoms with Crippen LogP contribution in [0.5, 0.6) is 11.5 Å². The van der Waals surface area contributed by atoms with Crippen molar-refractivity contribution in [2.75, 3.05) is 5.32 Å². The molecule has 174 valence electrons. The van der Waals surface area contributed by atoms with E-state index in [4.69, 9.17) is 4.74 Å². The van der Waals surface area contributed by atoms with Gasteiger partial charge < -0.3 is 10.1 Å². The zero-order chi connectivity index (χ0) is 24.2. The van der Waals surface area contributed by atoms with E-state index in [2.05, 4.69) is 15.4 Å². The van der Waals surface area contributed by atoms with Gasteiger partial charge in [0, 0.05) is 18.7 Å². The third kappa shape index (κ3) is 4.93. The standard InChI is InChI=1S/C26H20FN5O3/c27-18-6-10-20(11-7-18)32-25-23(16-29-32)26(34)31(17-28-25)15-14-24(33)30-19-8-12-22(13-9-19)35-21-4-2-1-3-5-21/h1-13,16-17H,14-15H2,(H,30,33). The third-order valence-electron chi connectivity index (χ3n) is 5.32. The molecule has 0 fully saturated rings. The van der Waals surface area contributed by atoms with Crippen LogP contribution >= 0.6 is 0 Å². The van der Waals surface area contributed by atoms with E-state index in [0.29, 0.717) is 28.2 Å². The number of carbonyl (C=O) groups is 1. The quantitative estimate of drug-likeness (QED) is 0.378. The van der Waals surface area contributed by atoms with Gasteiger partial charge in [0.25, 0.3) is 5.56 Å². The van der Waals surface area contributed by atoms with Gasteiger partial charge in [-0.3, -0.25) is 14.2 Å². The van der Waals surface area contributed by atoms with Gasteiger partial charge in [-0.25, -0.2) is 14.1 Å². The Labute approximate surface area is 199 Å². The van der Waals surface area contributed by atoms with Crippen LogP contribution in [0, 0.1) is 5.82 Å². The van der Waals surface area contributed by atoms with Crippen molar-refractivity contribution < 1.29 is 13.9 Å². The number of nitrogens with zero attached hydrogens (tertiary/aromatic N) is 4. The summed E-state index contributed by atoms with van der Waals surface area (Å²) in [6, 6.07) is 22.2. The van der Waals surface area contributed by atoms with E-state index < -0.39 is 0 Å². The highest BCUT2D eigenvalue weighted by atomic mass is 19.1. The molecule has 8 nitrogen and oxygen atoms in total. The van der Waals surface area contributed by atoms with Crippen LogP contribution in [-0.2, 0) is 11.3 Å². The van der Waals surface area contributed by atoms with Crippen molar-refractivity contribution in [1.29, 1.82) is 0 Å². The summed E-state index contributed by atoms with van der Waals surface area (Å²) in [7, 11) is 0. The summed E-state index contributed by atoms with van der Waals surface area (Å²) in [4.78, 5) is 29.6. The van der Waals surface area contributed by atoms with Crippen LogP contribution in [0.15, 0.2) is 96.2 Å². The van der Waals surface area contributed by atoms with Gasteiger partial charge in [-0.2, -0.15) is 5.10 Å². The average molecular weight is 469 g/mol. The van der Waals surface area contributed by atoms with E-state index in [1.54, 1.807) is 36.4 Å². The Balaban J connectivity index is 1.22. The summed E-state index contributed by atoms with van der Waals surface area (Å²) < 4.78 is 21.8. The van der Waals surface area contributed by atoms with Crippen LogP contribution in [0.25, 0.3) is 16.7 Å². The molecule has 0 atom stereocenters. The predicted octanol–water partition coefficient (Wildman–Crippen LogP) is 4.54. The Kier molecular flexibility index (Phi) is 6.04. The van der Waals surface area contributed by atoms with Crippen molar-refractivity contribution >= 4 is 22.6 Å². The highest BCUT2D eigenvalue weighted by Crippen LogP contribution is 2.22. The van der Waals surface area contributed by atoms with Gasteiger partial charge in [-0.15, -0.1) is 0 Å². The van der Waals surface area contributed by atoms with Crippen molar-refractivity contribution in [3.05, 3.63) is 108 Å². The summed E-state index contributed by atoms with van der Waals surface area (Å²) in [5.41, 5.74) is 1.27. The fourth-order valence-electron chi connectivity index (χ4n) is 3.56. The maximum atomic E-state index is 13.2. The molecule has 35 heavy (non-hydrogen) atoms. The first-order chi connectivity index (χ1) is 17.1. The van der Waals surface area contributed by atoms with E-state index in [9.17, 15) is 14.0 Å². The van der Waals surface area contributed by atoms with Crippen LogP contribution in [-0.4, -0.2) is 25.2 Å². The molecule has 0 unspecified atom stereocenters. The molecule has 1 amide bonds. The second-order valence-electron chi connectivity index (χ2n) is 7.75. The second-order valence-corrected chi connectivity index (χ2v) is 7.75. The van der Waals surface area contributed by atoms with Crippen molar-refractivity contribution in [2.45, 2.75) is 13.0 Å². The molecular weight excluding hydrogens is 449 g/mol. The molecule has 0 aliphatic carbocycles. The van der Waals surface area contributed by atoms with Gasteiger partial charge in [-0.1, -0.05) is 18.2 Å². The Hall–Kier alpha value is -4.79. The first kappa shape index (κ1) is 22.0. The minimum absolute atomic E-state index is 0.0848. The number of hydrogen-bond donors (Lipinski definition) is 1. The van der Waals surface area contributed by atoms with Crippen LogP contribution < -0.4 is 15.6 Å². The van der Waals surface area contributed by atoms with Crippen molar-refractivity contribution in [1.82, 2.24) is 19.3 Å². The van der Waals surface area contributed by atoms with Gasteiger partial charge in [0.05, 0.1) is 18.2 Å². The number of halogens is 1. The monoisotopic (exact) mass is 469 g/mol. The molecule has 0 saturated heterocycles. The zero-order valence-electron chi connectivity index (χ0n) is 18.5. The van der Waals surface area contributed by atoms with Crippen molar-refractivity contribution in [3.63, 3.8) is 0 Å². The number of amides is 1. The highest BCUT2D eigenvalue weighted by molar-refractivity contribution is 5.90. The number of hydrogen-bond acceptors (Lipinski definition) is 5. The second kappa shape index (κ2) is 9.60. The molecule has 5 aromatic rings. The number of rotatable bonds is 7. The summed E-state index contributed by atoms with van der Waals surface area (Å²) in [6.07, 6.45) is 2.89. The number of carbonyl (C=O) groups excluding carboxylic acids is 1. The summed E-state index contributed by atoms with van der Waals surface area (Å²) in [5.74, 6) is 0.774. The SMILES string of the molecule is O=C(CCn1cnc2c(cnn2-c2ccc(F)cc2)c1=O)Nc1ccc(Oc2ccccc2)cc1. The van der Waals surface area contributed by atoms with Gasteiger partial charge in [0.1, 0.15) is 22.7 Å². The topological polar surface area (TPSA) is 91.0 Å². The largest absolute Gasteiger partial charge is 0.457 e. The maximum Gasteiger partial charge on any atom is 0.264 e. The lowest BCUT2D eigenvalue weighted by atomic mass is 10.3. The molecule has 3 aromatic carbocycles. The molecule has 1 N–H and O–H groups in total. The number of para-hydroxylation sites is 1.